The smallest absolute Gasteiger partial charge is 0.127 e. The van der Waals surface area contributed by atoms with Gasteiger partial charge in [-0.2, -0.15) is 0 Å². The Kier molecular flexibility index (Phi) is 7.05. The molecular weight excluding hydrogens is 400 g/mol. The van der Waals surface area contributed by atoms with E-state index < -0.39 is 0 Å². The molecule has 32 heavy (non-hydrogen) atoms. The average molecular weight is 427 g/mol. The summed E-state index contributed by atoms with van der Waals surface area (Å²) in [6, 6.07) is 21.8. The van der Waals surface area contributed by atoms with E-state index in [0.29, 0.717) is 19.6 Å². The lowest BCUT2D eigenvalue weighted by atomic mass is 10.1. The summed E-state index contributed by atoms with van der Waals surface area (Å²) in [5.74, 6) is 1.56. The Morgan fingerprint density at radius 1 is 0.688 bits per heavy atom. The van der Waals surface area contributed by atoms with E-state index >= 15 is 0 Å². The van der Waals surface area contributed by atoms with Crippen LogP contribution in [0.25, 0.3) is 11.1 Å². The third-order valence-electron chi connectivity index (χ3n) is 5.15. The highest BCUT2D eigenvalue weighted by molar-refractivity contribution is 5.71. The van der Waals surface area contributed by atoms with Gasteiger partial charge in [-0.05, 0) is 48.5 Å². The number of hydrogen-bond acceptors (Lipinski definition) is 6. The molecule has 6 nitrogen and oxygen atoms in total. The van der Waals surface area contributed by atoms with E-state index in [9.17, 15) is 0 Å². The number of aromatic nitrogens is 3. The normalized spacial score (nSPS) is 10.8. The number of benzene rings is 1. The Hall–Kier alpha value is -3.77. The fourth-order valence-electron chi connectivity index (χ4n) is 3.56. The lowest BCUT2D eigenvalue weighted by Crippen LogP contribution is -2.24. The molecule has 0 atom stereocenters. The van der Waals surface area contributed by atoms with Crippen LogP contribution in [0.15, 0.2) is 85.3 Å². The molecule has 0 aliphatic heterocycles. The first kappa shape index (κ1) is 21.5. The molecule has 0 unspecified atom stereocenters. The van der Waals surface area contributed by atoms with Crippen LogP contribution in [0.1, 0.15) is 17.1 Å². The topological polar surface area (TPSA) is 60.4 Å². The van der Waals surface area contributed by atoms with Crippen molar-refractivity contribution in [2.45, 2.75) is 19.6 Å². The minimum Gasteiger partial charge on any atom is -0.497 e. The van der Waals surface area contributed by atoms with Gasteiger partial charge in [0.15, 0.2) is 0 Å². The SMILES string of the molecule is COc1ccc(OC)c(-c2ccc(CN(Cc3ccccn3)Cc3ccccn3)nc2)c1. The minimum absolute atomic E-state index is 0.683. The third-order valence-corrected chi connectivity index (χ3v) is 5.15. The highest BCUT2D eigenvalue weighted by Crippen LogP contribution is 2.33. The summed E-state index contributed by atoms with van der Waals surface area (Å²) in [5.41, 5.74) is 4.93. The van der Waals surface area contributed by atoms with Crippen molar-refractivity contribution < 1.29 is 9.47 Å². The Balaban J connectivity index is 1.55. The zero-order chi connectivity index (χ0) is 22.2. The maximum atomic E-state index is 5.52. The molecule has 0 bridgehead atoms. The summed E-state index contributed by atoms with van der Waals surface area (Å²) in [5, 5.41) is 0. The van der Waals surface area contributed by atoms with Crippen molar-refractivity contribution in [3.05, 3.63) is 102 Å². The third kappa shape index (κ3) is 5.47. The Morgan fingerprint density at radius 2 is 1.34 bits per heavy atom. The van der Waals surface area contributed by atoms with Crippen molar-refractivity contribution in [2.24, 2.45) is 0 Å². The van der Waals surface area contributed by atoms with Crippen molar-refractivity contribution >= 4 is 0 Å². The lowest BCUT2D eigenvalue weighted by Gasteiger charge is -2.21. The van der Waals surface area contributed by atoms with Crippen molar-refractivity contribution in [3.63, 3.8) is 0 Å². The minimum atomic E-state index is 0.683. The summed E-state index contributed by atoms with van der Waals surface area (Å²) in [7, 11) is 3.32. The molecule has 3 heterocycles. The van der Waals surface area contributed by atoms with E-state index in [1.165, 1.54) is 0 Å². The van der Waals surface area contributed by atoms with E-state index in [1.54, 1.807) is 14.2 Å². The maximum absolute atomic E-state index is 5.52. The van der Waals surface area contributed by atoms with E-state index in [2.05, 4.69) is 27.0 Å². The van der Waals surface area contributed by atoms with Crippen LogP contribution in [0.2, 0.25) is 0 Å². The van der Waals surface area contributed by atoms with Crippen LogP contribution in [0, 0.1) is 0 Å². The Labute approximate surface area is 188 Å². The Morgan fingerprint density at radius 3 is 1.84 bits per heavy atom. The molecule has 6 heteroatoms. The molecular formula is C26H26N4O2. The van der Waals surface area contributed by atoms with Crippen molar-refractivity contribution in [3.8, 4) is 22.6 Å². The molecule has 0 spiro atoms. The van der Waals surface area contributed by atoms with Gasteiger partial charge in [-0.1, -0.05) is 18.2 Å². The molecule has 3 aromatic heterocycles. The molecule has 4 rings (SSSR count). The van der Waals surface area contributed by atoms with Gasteiger partial charge in [-0.25, -0.2) is 0 Å². The second kappa shape index (κ2) is 10.5. The van der Waals surface area contributed by atoms with Crippen LogP contribution in [0.4, 0.5) is 0 Å². The molecule has 1 aromatic carbocycles. The molecule has 4 aromatic rings. The summed E-state index contributed by atoms with van der Waals surface area (Å²) >= 11 is 0. The van der Waals surface area contributed by atoms with Crippen LogP contribution in [-0.2, 0) is 19.6 Å². The predicted octanol–water partition coefficient (Wildman–Crippen LogP) is 4.76. The van der Waals surface area contributed by atoms with Crippen LogP contribution in [0.5, 0.6) is 11.5 Å². The first-order valence-electron chi connectivity index (χ1n) is 10.4. The fourth-order valence-corrected chi connectivity index (χ4v) is 3.56. The number of methoxy groups -OCH3 is 2. The number of nitrogens with zero attached hydrogens (tertiary/aromatic N) is 4. The van der Waals surface area contributed by atoms with Gasteiger partial charge in [0.2, 0.25) is 0 Å². The van der Waals surface area contributed by atoms with Crippen LogP contribution in [-0.4, -0.2) is 34.1 Å². The Bertz CT molecular complexity index is 1080. The number of rotatable bonds is 9. The zero-order valence-corrected chi connectivity index (χ0v) is 18.3. The molecule has 0 aliphatic carbocycles. The van der Waals surface area contributed by atoms with Gasteiger partial charge in [-0.15, -0.1) is 0 Å². The van der Waals surface area contributed by atoms with Gasteiger partial charge in [0, 0.05) is 49.4 Å². The van der Waals surface area contributed by atoms with E-state index in [1.807, 2.05) is 73.2 Å². The molecule has 0 radical (unpaired) electrons. The second-order valence-corrected chi connectivity index (χ2v) is 7.39. The van der Waals surface area contributed by atoms with Crippen molar-refractivity contribution in [2.75, 3.05) is 14.2 Å². The van der Waals surface area contributed by atoms with E-state index in [0.717, 1.165) is 39.7 Å². The molecule has 0 amide bonds. The maximum Gasteiger partial charge on any atom is 0.127 e. The number of hydrogen-bond donors (Lipinski definition) is 0. The number of ether oxygens (including phenoxy) is 2. The van der Waals surface area contributed by atoms with Gasteiger partial charge >= 0.3 is 0 Å². The van der Waals surface area contributed by atoms with Gasteiger partial charge in [0.05, 0.1) is 31.3 Å². The van der Waals surface area contributed by atoms with Crippen LogP contribution >= 0.6 is 0 Å². The quantitative estimate of drug-likeness (QED) is 0.385. The van der Waals surface area contributed by atoms with Crippen molar-refractivity contribution in [1.29, 1.82) is 0 Å². The highest BCUT2D eigenvalue weighted by Gasteiger charge is 2.12. The van der Waals surface area contributed by atoms with Gasteiger partial charge < -0.3 is 9.47 Å². The lowest BCUT2D eigenvalue weighted by molar-refractivity contribution is 0.239. The molecule has 0 aliphatic rings. The first-order chi connectivity index (χ1) is 15.7. The van der Waals surface area contributed by atoms with Crippen LogP contribution < -0.4 is 9.47 Å². The highest BCUT2D eigenvalue weighted by atomic mass is 16.5. The molecule has 0 saturated heterocycles. The first-order valence-corrected chi connectivity index (χ1v) is 10.4. The zero-order valence-electron chi connectivity index (χ0n) is 18.3. The standard InChI is InChI=1S/C26H26N4O2/c1-31-24-11-12-26(32-2)25(15-24)20-9-10-23(29-16-20)19-30(17-21-7-3-5-13-27-21)18-22-8-4-6-14-28-22/h3-16H,17-19H2,1-2H3. The summed E-state index contributed by atoms with van der Waals surface area (Å²) < 4.78 is 10.9. The van der Waals surface area contributed by atoms with Crippen LogP contribution in [0.3, 0.4) is 0 Å². The second-order valence-electron chi connectivity index (χ2n) is 7.39. The summed E-state index contributed by atoms with van der Waals surface area (Å²) in [6.45, 7) is 2.11. The summed E-state index contributed by atoms with van der Waals surface area (Å²) in [4.78, 5) is 16.0. The van der Waals surface area contributed by atoms with Crippen molar-refractivity contribution in [1.82, 2.24) is 19.9 Å². The van der Waals surface area contributed by atoms with Gasteiger partial charge in [-0.3, -0.25) is 19.9 Å². The predicted molar refractivity (Wildman–Crippen MR) is 124 cm³/mol. The van der Waals surface area contributed by atoms with E-state index in [4.69, 9.17) is 14.5 Å². The molecule has 0 fully saturated rings. The summed E-state index contributed by atoms with van der Waals surface area (Å²) in [6.07, 6.45) is 5.53. The largest absolute Gasteiger partial charge is 0.497 e. The molecule has 162 valence electrons. The number of pyridine rings is 3. The van der Waals surface area contributed by atoms with Gasteiger partial charge in [0.25, 0.3) is 0 Å². The monoisotopic (exact) mass is 426 g/mol. The average Bonchev–Trinajstić information content (AvgIpc) is 2.85. The van der Waals surface area contributed by atoms with Gasteiger partial charge in [0.1, 0.15) is 11.5 Å². The van der Waals surface area contributed by atoms with E-state index in [-0.39, 0.29) is 0 Å². The molecule has 0 saturated carbocycles. The molecule has 0 N–H and O–H groups in total. The fraction of sp³-hybridized carbons (Fsp3) is 0.192.